The van der Waals surface area contributed by atoms with Gasteiger partial charge in [-0.25, -0.2) is 9.97 Å². The third-order valence-corrected chi connectivity index (χ3v) is 2.98. The predicted molar refractivity (Wildman–Crippen MR) is 59.5 cm³/mol. The van der Waals surface area contributed by atoms with Gasteiger partial charge in [-0.15, -0.1) is 0 Å². The molecule has 0 saturated carbocycles. The van der Waals surface area contributed by atoms with Gasteiger partial charge < -0.3 is 9.64 Å². The number of halogens is 1. The number of rotatable bonds is 1. The topological polar surface area (TPSA) is 38.2 Å². The number of anilines is 1. The van der Waals surface area contributed by atoms with Crippen molar-refractivity contribution in [2.45, 2.75) is 13.8 Å². The second kappa shape index (κ2) is 4.33. The molecular weight excluding hydrogens is 214 g/mol. The summed E-state index contributed by atoms with van der Waals surface area (Å²) < 4.78 is 5.28. The Hall–Kier alpha value is -0.870. The molecule has 0 amide bonds. The molecule has 0 aliphatic carbocycles. The summed E-state index contributed by atoms with van der Waals surface area (Å²) in [4.78, 5) is 10.8. The molecule has 1 saturated heterocycles. The average molecular weight is 228 g/mol. The van der Waals surface area contributed by atoms with E-state index in [0.717, 1.165) is 37.6 Å². The Labute approximate surface area is 94.2 Å². The van der Waals surface area contributed by atoms with E-state index in [1.54, 1.807) is 0 Å². The quantitative estimate of drug-likeness (QED) is 0.683. The van der Waals surface area contributed by atoms with Crippen molar-refractivity contribution in [3.8, 4) is 0 Å². The Balaban J connectivity index is 2.27. The first-order valence-corrected chi connectivity index (χ1v) is 5.39. The molecule has 1 aromatic heterocycles. The van der Waals surface area contributed by atoms with Crippen molar-refractivity contribution < 1.29 is 4.74 Å². The molecule has 0 radical (unpaired) electrons. The van der Waals surface area contributed by atoms with Crippen LogP contribution < -0.4 is 4.90 Å². The summed E-state index contributed by atoms with van der Waals surface area (Å²) in [5.41, 5.74) is 1.89. The van der Waals surface area contributed by atoms with Crippen LogP contribution in [0, 0.1) is 13.8 Å². The highest BCUT2D eigenvalue weighted by atomic mass is 35.5. The van der Waals surface area contributed by atoms with Crippen molar-refractivity contribution in [2.75, 3.05) is 31.2 Å². The normalized spacial score (nSPS) is 16.9. The Morgan fingerprint density at radius 1 is 1.20 bits per heavy atom. The fraction of sp³-hybridized carbons (Fsp3) is 0.600. The van der Waals surface area contributed by atoms with Gasteiger partial charge in [-0.1, -0.05) is 11.6 Å². The van der Waals surface area contributed by atoms with Gasteiger partial charge in [0.25, 0.3) is 0 Å². The van der Waals surface area contributed by atoms with Crippen molar-refractivity contribution >= 4 is 17.5 Å². The third kappa shape index (κ3) is 2.21. The number of aryl methyl sites for hydroxylation is 1. The zero-order valence-corrected chi connectivity index (χ0v) is 9.71. The zero-order chi connectivity index (χ0) is 10.8. The van der Waals surface area contributed by atoms with Gasteiger partial charge in [-0.3, -0.25) is 0 Å². The lowest BCUT2D eigenvalue weighted by atomic mass is 10.3. The van der Waals surface area contributed by atoms with Gasteiger partial charge in [0, 0.05) is 24.3 Å². The van der Waals surface area contributed by atoms with E-state index in [1.807, 2.05) is 13.8 Å². The number of nitrogens with zero attached hydrogens (tertiary/aromatic N) is 3. The molecule has 1 aliphatic heterocycles. The van der Waals surface area contributed by atoms with Crippen LogP contribution >= 0.6 is 11.6 Å². The average Bonchev–Trinajstić information content (AvgIpc) is 2.26. The van der Waals surface area contributed by atoms with Crippen LogP contribution in [-0.2, 0) is 4.74 Å². The van der Waals surface area contributed by atoms with E-state index in [1.165, 1.54) is 0 Å². The maximum Gasteiger partial charge on any atom is 0.227 e. The van der Waals surface area contributed by atoms with Gasteiger partial charge in [0.15, 0.2) is 0 Å². The van der Waals surface area contributed by atoms with Crippen LogP contribution in [0.2, 0.25) is 5.15 Å². The van der Waals surface area contributed by atoms with Crippen LogP contribution in [0.15, 0.2) is 0 Å². The summed E-state index contributed by atoms with van der Waals surface area (Å²) in [6.07, 6.45) is 0. The van der Waals surface area contributed by atoms with Crippen LogP contribution in [-0.4, -0.2) is 36.3 Å². The molecule has 82 valence electrons. The molecule has 0 unspecified atom stereocenters. The second-order valence-corrected chi connectivity index (χ2v) is 3.98. The van der Waals surface area contributed by atoms with Crippen molar-refractivity contribution in [1.82, 2.24) is 9.97 Å². The molecule has 4 nitrogen and oxygen atoms in total. The molecule has 0 bridgehead atoms. The highest BCUT2D eigenvalue weighted by molar-refractivity contribution is 6.30. The molecule has 0 atom stereocenters. The van der Waals surface area contributed by atoms with Crippen LogP contribution in [0.3, 0.4) is 0 Å². The van der Waals surface area contributed by atoms with Crippen LogP contribution in [0.1, 0.15) is 11.3 Å². The summed E-state index contributed by atoms with van der Waals surface area (Å²) in [6.45, 7) is 7.01. The number of aromatic nitrogens is 2. The van der Waals surface area contributed by atoms with E-state index in [4.69, 9.17) is 16.3 Å². The number of hydrogen-bond acceptors (Lipinski definition) is 4. The molecule has 0 aromatic carbocycles. The lowest BCUT2D eigenvalue weighted by Crippen LogP contribution is -2.37. The largest absolute Gasteiger partial charge is 0.378 e. The summed E-state index contributed by atoms with van der Waals surface area (Å²) in [7, 11) is 0. The van der Waals surface area contributed by atoms with Crippen LogP contribution in [0.5, 0.6) is 0 Å². The molecular formula is C10H14ClN3O. The first kappa shape index (κ1) is 10.6. The summed E-state index contributed by atoms with van der Waals surface area (Å²) in [6, 6.07) is 0. The molecule has 1 fully saturated rings. The summed E-state index contributed by atoms with van der Waals surface area (Å²) in [5, 5.41) is 0.545. The van der Waals surface area contributed by atoms with E-state index >= 15 is 0 Å². The Morgan fingerprint density at radius 3 is 2.47 bits per heavy atom. The minimum absolute atomic E-state index is 0.545. The van der Waals surface area contributed by atoms with Gasteiger partial charge in [-0.2, -0.15) is 0 Å². The van der Waals surface area contributed by atoms with Gasteiger partial charge in [0.1, 0.15) is 5.15 Å². The van der Waals surface area contributed by atoms with Crippen LogP contribution in [0.4, 0.5) is 5.95 Å². The Kier molecular flexibility index (Phi) is 3.07. The van der Waals surface area contributed by atoms with Gasteiger partial charge >= 0.3 is 0 Å². The molecule has 2 heterocycles. The lowest BCUT2D eigenvalue weighted by Gasteiger charge is -2.27. The minimum atomic E-state index is 0.545. The van der Waals surface area contributed by atoms with Crippen molar-refractivity contribution in [3.05, 3.63) is 16.4 Å². The molecule has 0 spiro atoms. The van der Waals surface area contributed by atoms with Gasteiger partial charge in [0.2, 0.25) is 5.95 Å². The summed E-state index contributed by atoms with van der Waals surface area (Å²) >= 11 is 6.03. The van der Waals surface area contributed by atoms with Gasteiger partial charge in [0.05, 0.1) is 13.2 Å². The monoisotopic (exact) mass is 227 g/mol. The molecule has 1 aliphatic rings. The number of hydrogen-bond donors (Lipinski definition) is 0. The SMILES string of the molecule is Cc1nc(N2CCOCC2)nc(Cl)c1C. The standard InChI is InChI=1S/C10H14ClN3O/c1-7-8(2)12-10(13-9(7)11)14-3-5-15-6-4-14/h3-6H2,1-2H3. The maximum atomic E-state index is 6.03. The predicted octanol–water partition coefficient (Wildman–Crippen LogP) is 1.58. The Morgan fingerprint density at radius 2 is 1.87 bits per heavy atom. The van der Waals surface area contributed by atoms with E-state index in [-0.39, 0.29) is 0 Å². The fourth-order valence-corrected chi connectivity index (χ4v) is 1.70. The summed E-state index contributed by atoms with van der Waals surface area (Å²) in [5.74, 6) is 0.714. The molecule has 15 heavy (non-hydrogen) atoms. The fourth-order valence-electron chi connectivity index (χ4n) is 1.48. The van der Waals surface area contributed by atoms with E-state index in [0.29, 0.717) is 11.1 Å². The first-order valence-electron chi connectivity index (χ1n) is 5.02. The highest BCUT2D eigenvalue weighted by Gasteiger charge is 2.15. The first-order chi connectivity index (χ1) is 7.18. The zero-order valence-electron chi connectivity index (χ0n) is 8.96. The number of ether oxygens (including phenoxy) is 1. The van der Waals surface area contributed by atoms with E-state index in [9.17, 15) is 0 Å². The Bertz CT molecular complexity index is 341. The van der Waals surface area contributed by atoms with Crippen molar-refractivity contribution in [2.24, 2.45) is 0 Å². The number of morpholine rings is 1. The smallest absolute Gasteiger partial charge is 0.227 e. The lowest BCUT2D eigenvalue weighted by molar-refractivity contribution is 0.122. The molecule has 1 aromatic rings. The second-order valence-electron chi connectivity index (χ2n) is 3.62. The molecule has 5 heteroatoms. The minimum Gasteiger partial charge on any atom is -0.378 e. The van der Waals surface area contributed by atoms with Crippen molar-refractivity contribution in [1.29, 1.82) is 0 Å². The third-order valence-electron chi connectivity index (χ3n) is 2.61. The highest BCUT2D eigenvalue weighted by Crippen LogP contribution is 2.19. The van der Waals surface area contributed by atoms with Crippen LogP contribution in [0.25, 0.3) is 0 Å². The van der Waals surface area contributed by atoms with E-state index < -0.39 is 0 Å². The van der Waals surface area contributed by atoms with Crippen molar-refractivity contribution in [3.63, 3.8) is 0 Å². The maximum absolute atomic E-state index is 6.03. The van der Waals surface area contributed by atoms with E-state index in [2.05, 4.69) is 14.9 Å². The van der Waals surface area contributed by atoms with Gasteiger partial charge in [-0.05, 0) is 13.8 Å². The molecule has 0 N–H and O–H groups in total. The molecule has 2 rings (SSSR count).